The van der Waals surface area contributed by atoms with Crippen molar-refractivity contribution in [1.82, 2.24) is 20.2 Å². The topological polar surface area (TPSA) is 105 Å². The molecule has 0 bridgehead atoms. The summed E-state index contributed by atoms with van der Waals surface area (Å²) in [4.78, 5) is 42.5. The number of nitrogens with one attached hydrogen (secondary N) is 3. The van der Waals surface area contributed by atoms with Crippen LogP contribution in [0.3, 0.4) is 0 Å². The molecule has 1 aliphatic heterocycles. The number of carbonyl (C=O) groups excluding carboxylic acids is 3. The number of para-hydroxylation sites is 3. The SMILES string of the molecule is CC(C)Cn1c(C(C)NC(=O)CCC2NC(=O)c3ccccc3NC2=O)nc2ccccc21. The Labute approximate surface area is 192 Å². The molecule has 8 heteroatoms. The van der Waals surface area contributed by atoms with Crippen LogP contribution in [0.4, 0.5) is 5.69 Å². The van der Waals surface area contributed by atoms with Crippen LogP contribution in [0.15, 0.2) is 48.5 Å². The molecule has 1 aliphatic rings. The number of carbonyl (C=O) groups is 3. The molecule has 0 radical (unpaired) electrons. The van der Waals surface area contributed by atoms with Crippen molar-refractivity contribution in [3.05, 3.63) is 59.9 Å². The molecule has 3 N–H and O–H groups in total. The van der Waals surface area contributed by atoms with E-state index in [1.807, 2.05) is 31.2 Å². The van der Waals surface area contributed by atoms with Gasteiger partial charge in [-0.25, -0.2) is 4.98 Å². The van der Waals surface area contributed by atoms with Gasteiger partial charge in [0, 0.05) is 13.0 Å². The van der Waals surface area contributed by atoms with Gasteiger partial charge in [-0.1, -0.05) is 38.1 Å². The van der Waals surface area contributed by atoms with Crippen LogP contribution in [0.2, 0.25) is 0 Å². The number of imidazole rings is 1. The third kappa shape index (κ3) is 4.89. The Morgan fingerprint density at radius 3 is 2.61 bits per heavy atom. The predicted molar refractivity (Wildman–Crippen MR) is 127 cm³/mol. The molecule has 2 aromatic carbocycles. The van der Waals surface area contributed by atoms with Gasteiger partial charge in [0.15, 0.2) is 0 Å². The second kappa shape index (κ2) is 9.44. The highest BCUT2D eigenvalue weighted by Gasteiger charge is 2.28. The van der Waals surface area contributed by atoms with Crippen molar-refractivity contribution >= 4 is 34.4 Å². The van der Waals surface area contributed by atoms with Crippen molar-refractivity contribution in [2.45, 2.75) is 52.2 Å². The van der Waals surface area contributed by atoms with Gasteiger partial charge in [0.1, 0.15) is 11.9 Å². The minimum absolute atomic E-state index is 0.101. The summed E-state index contributed by atoms with van der Waals surface area (Å²) in [6, 6.07) is 13.7. The maximum Gasteiger partial charge on any atom is 0.254 e. The lowest BCUT2D eigenvalue weighted by atomic mass is 10.1. The number of fused-ring (bicyclic) bond motifs is 2. The smallest absolute Gasteiger partial charge is 0.254 e. The number of hydrogen-bond donors (Lipinski definition) is 3. The van der Waals surface area contributed by atoms with E-state index in [1.54, 1.807) is 24.3 Å². The van der Waals surface area contributed by atoms with Gasteiger partial charge in [-0.15, -0.1) is 0 Å². The fourth-order valence-corrected chi connectivity index (χ4v) is 4.15. The van der Waals surface area contributed by atoms with E-state index in [0.29, 0.717) is 17.2 Å². The first-order valence-corrected chi connectivity index (χ1v) is 11.3. The first-order valence-electron chi connectivity index (χ1n) is 11.3. The Morgan fingerprint density at radius 1 is 1.09 bits per heavy atom. The van der Waals surface area contributed by atoms with E-state index in [9.17, 15) is 14.4 Å². The average molecular weight is 448 g/mol. The van der Waals surface area contributed by atoms with Gasteiger partial charge in [0.2, 0.25) is 11.8 Å². The van der Waals surface area contributed by atoms with E-state index in [-0.39, 0.29) is 36.6 Å². The second-order valence-electron chi connectivity index (χ2n) is 8.85. The highest BCUT2D eigenvalue weighted by Crippen LogP contribution is 2.23. The highest BCUT2D eigenvalue weighted by molar-refractivity contribution is 6.09. The second-order valence-corrected chi connectivity index (χ2v) is 8.85. The van der Waals surface area contributed by atoms with Gasteiger partial charge in [-0.3, -0.25) is 14.4 Å². The van der Waals surface area contributed by atoms with Crippen molar-refractivity contribution < 1.29 is 14.4 Å². The summed E-state index contributed by atoms with van der Waals surface area (Å²) in [5.41, 5.74) is 2.83. The molecule has 3 aromatic rings. The number of amides is 3. The van der Waals surface area contributed by atoms with Gasteiger partial charge in [-0.2, -0.15) is 0 Å². The first-order chi connectivity index (χ1) is 15.8. The van der Waals surface area contributed by atoms with Crippen LogP contribution in [-0.4, -0.2) is 33.3 Å². The third-order valence-corrected chi connectivity index (χ3v) is 5.71. The van der Waals surface area contributed by atoms with Crippen molar-refractivity contribution in [2.75, 3.05) is 5.32 Å². The Kier molecular flexibility index (Phi) is 6.44. The lowest BCUT2D eigenvalue weighted by Crippen LogP contribution is -2.42. The van der Waals surface area contributed by atoms with Crippen LogP contribution in [0.1, 0.15) is 55.8 Å². The molecule has 1 aromatic heterocycles. The quantitative estimate of drug-likeness (QED) is 0.516. The van der Waals surface area contributed by atoms with Crippen LogP contribution >= 0.6 is 0 Å². The summed E-state index contributed by atoms with van der Waals surface area (Å²) in [5.74, 6) is 0.368. The Balaban J connectivity index is 1.41. The predicted octanol–water partition coefficient (Wildman–Crippen LogP) is 3.40. The molecule has 33 heavy (non-hydrogen) atoms. The van der Waals surface area contributed by atoms with Crippen LogP contribution in [0.25, 0.3) is 11.0 Å². The van der Waals surface area contributed by atoms with Crippen molar-refractivity contribution in [3.63, 3.8) is 0 Å². The zero-order chi connectivity index (χ0) is 23.5. The average Bonchev–Trinajstić information content (AvgIpc) is 3.08. The summed E-state index contributed by atoms with van der Waals surface area (Å²) >= 11 is 0. The molecule has 8 nitrogen and oxygen atoms in total. The standard InChI is InChI=1S/C25H29N5O3/c1-15(2)14-30-21-11-7-6-10-19(21)27-23(30)16(3)26-22(31)13-12-20-25(33)28-18-9-5-4-8-17(18)24(32)29-20/h4-11,15-16,20H,12-14H2,1-3H3,(H,26,31)(H,28,33)(H,29,32). The van der Waals surface area contributed by atoms with E-state index in [4.69, 9.17) is 4.98 Å². The minimum Gasteiger partial charge on any atom is -0.346 e. The number of aromatic nitrogens is 2. The molecule has 2 unspecified atom stereocenters. The lowest BCUT2D eigenvalue weighted by Gasteiger charge is -2.19. The van der Waals surface area contributed by atoms with Crippen molar-refractivity contribution in [1.29, 1.82) is 0 Å². The summed E-state index contributed by atoms with van der Waals surface area (Å²) in [5, 5.41) is 8.50. The zero-order valence-corrected chi connectivity index (χ0v) is 19.1. The highest BCUT2D eigenvalue weighted by atomic mass is 16.2. The van der Waals surface area contributed by atoms with Gasteiger partial charge >= 0.3 is 0 Å². The maximum absolute atomic E-state index is 12.7. The summed E-state index contributed by atoms with van der Waals surface area (Å²) in [6.07, 6.45) is 0.302. The number of benzene rings is 2. The molecule has 2 heterocycles. The number of nitrogens with zero attached hydrogens (tertiary/aromatic N) is 2. The molecule has 0 spiro atoms. The molecule has 0 aliphatic carbocycles. The van der Waals surface area contributed by atoms with Crippen LogP contribution in [0.5, 0.6) is 0 Å². The molecule has 0 fully saturated rings. The molecule has 0 saturated heterocycles. The van der Waals surface area contributed by atoms with E-state index in [1.165, 1.54) is 0 Å². The van der Waals surface area contributed by atoms with Gasteiger partial charge in [0.05, 0.1) is 28.3 Å². The molecule has 172 valence electrons. The molecule has 4 rings (SSSR count). The van der Waals surface area contributed by atoms with E-state index in [2.05, 4.69) is 34.4 Å². The van der Waals surface area contributed by atoms with Crippen LogP contribution in [0, 0.1) is 5.92 Å². The van der Waals surface area contributed by atoms with Crippen molar-refractivity contribution in [3.8, 4) is 0 Å². The molecule has 0 saturated carbocycles. The van der Waals surface area contributed by atoms with Crippen molar-refractivity contribution in [2.24, 2.45) is 5.92 Å². The number of hydrogen-bond acceptors (Lipinski definition) is 4. The molecular formula is C25H29N5O3. The summed E-state index contributed by atoms with van der Waals surface area (Å²) < 4.78 is 2.15. The van der Waals surface area contributed by atoms with E-state index in [0.717, 1.165) is 23.4 Å². The lowest BCUT2D eigenvalue weighted by molar-refractivity contribution is -0.122. The third-order valence-electron chi connectivity index (χ3n) is 5.71. The first kappa shape index (κ1) is 22.5. The fourth-order valence-electron chi connectivity index (χ4n) is 4.15. The largest absolute Gasteiger partial charge is 0.346 e. The summed E-state index contributed by atoms with van der Waals surface area (Å²) in [6.45, 7) is 7.00. The zero-order valence-electron chi connectivity index (χ0n) is 19.1. The Bertz CT molecular complexity index is 1200. The van der Waals surface area contributed by atoms with Crippen LogP contribution < -0.4 is 16.0 Å². The Morgan fingerprint density at radius 2 is 1.82 bits per heavy atom. The molecule has 2 atom stereocenters. The number of rotatable bonds is 7. The number of anilines is 1. The minimum atomic E-state index is -0.781. The Hall–Kier alpha value is -3.68. The van der Waals surface area contributed by atoms with E-state index >= 15 is 0 Å². The summed E-state index contributed by atoms with van der Waals surface area (Å²) in [7, 11) is 0. The van der Waals surface area contributed by atoms with Crippen LogP contribution in [-0.2, 0) is 16.1 Å². The van der Waals surface area contributed by atoms with Gasteiger partial charge in [-0.05, 0) is 43.5 Å². The van der Waals surface area contributed by atoms with E-state index < -0.39 is 6.04 Å². The maximum atomic E-state index is 12.7. The molecule has 3 amide bonds. The van der Waals surface area contributed by atoms with Gasteiger partial charge in [0.25, 0.3) is 5.91 Å². The molecular weight excluding hydrogens is 418 g/mol. The monoisotopic (exact) mass is 447 g/mol. The van der Waals surface area contributed by atoms with Gasteiger partial charge < -0.3 is 20.5 Å². The fraction of sp³-hybridized carbons (Fsp3) is 0.360. The normalized spacial score (nSPS) is 16.7.